The van der Waals surface area contributed by atoms with Crippen molar-refractivity contribution in [2.75, 3.05) is 6.61 Å². The molecular weight excluding hydrogens is 233 g/mol. The summed E-state index contributed by atoms with van der Waals surface area (Å²) in [6.07, 6.45) is 3.09. The zero-order valence-electron chi connectivity index (χ0n) is 9.87. The van der Waals surface area contributed by atoms with Gasteiger partial charge >= 0.3 is 0 Å². The third-order valence-corrected chi connectivity index (χ3v) is 3.07. The third-order valence-electron chi connectivity index (χ3n) is 3.07. The van der Waals surface area contributed by atoms with Crippen LogP contribution < -0.4 is 0 Å². The van der Waals surface area contributed by atoms with Crippen LogP contribution in [0.5, 0.6) is 0 Å². The Hall–Kier alpha value is -1.75. The van der Waals surface area contributed by atoms with Crippen molar-refractivity contribution in [2.45, 2.75) is 25.2 Å². The van der Waals surface area contributed by atoms with E-state index < -0.39 is 6.17 Å². The molecule has 94 valence electrons. The van der Waals surface area contributed by atoms with Crippen molar-refractivity contribution in [1.29, 1.82) is 0 Å². The highest BCUT2D eigenvalue weighted by Gasteiger charge is 2.25. The minimum atomic E-state index is -0.815. The molecule has 0 amide bonds. The second kappa shape index (κ2) is 4.86. The number of nitrogens with zero attached hydrogens (tertiary/aromatic N) is 3. The fourth-order valence-corrected chi connectivity index (χ4v) is 2.17. The summed E-state index contributed by atoms with van der Waals surface area (Å²) in [6.45, 7) is 0.438. The van der Waals surface area contributed by atoms with Crippen molar-refractivity contribution in [3.8, 4) is 11.4 Å². The van der Waals surface area contributed by atoms with Gasteiger partial charge in [0.05, 0.1) is 18.0 Å². The molecular formula is C13H14FN3O. The molecule has 2 aromatic rings. The van der Waals surface area contributed by atoms with Crippen molar-refractivity contribution >= 4 is 0 Å². The predicted molar refractivity (Wildman–Crippen MR) is 64.6 cm³/mol. The number of aromatic nitrogens is 3. The first-order valence-corrected chi connectivity index (χ1v) is 6.05. The molecule has 1 aliphatic rings. The number of halogens is 1. The van der Waals surface area contributed by atoms with Gasteiger partial charge in [-0.25, -0.2) is 9.07 Å². The standard InChI is InChI=1S/C13H14FN3O/c14-10-5-8-18-13(9-10)17-12(4-7-16-17)11-3-1-2-6-15-11/h1-4,6-7,10,13H,5,8-9H2. The van der Waals surface area contributed by atoms with Crippen molar-refractivity contribution in [1.82, 2.24) is 14.8 Å². The predicted octanol–water partition coefficient (Wildman–Crippen LogP) is 2.59. The minimum absolute atomic E-state index is 0.333. The Balaban J connectivity index is 1.92. The van der Waals surface area contributed by atoms with Gasteiger partial charge in [0.15, 0.2) is 6.23 Å². The topological polar surface area (TPSA) is 39.9 Å². The number of hydrogen-bond donors (Lipinski definition) is 0. The Labute approximate surface area is 104 Å². The molecule has 3 rings (SSSR count). The molecule has 0 aromatic carbocycles. The van der Waals surface area contributed by atoms with E-state index in [2.05, 4.69) is 10.1 Å². The van der Waals surface area contributed by atoms with Gasteiger partial charge in [0.25, 0.3) is 0 Å². The fourth-order valence-electron chi connectivity index (χ4n) is 2.17. The number of pyridine rings is 1. The van der Waals surface area contributed by atoms with Gasteiger partial charge in [0.1, 0.15) is 6.17 Å². The highest BCUT2D eigenvalue weighted by molar-refractivity contribution is 5.53. The SMILES string of the molecule is FC1CCOC(n2nccc2-c2ccccn2)C1. The molecule has 0 saturated carbocycles. The van der Waals surface area contributed by atoms with Crippen LogP contribution >= 0.6 is 0 Å². The maximum absolute atomic E-state index is 13.4. The molecule has 0 N–H and O–H groups in total. The Bertz CT molecular complexity index is 514. The molecule has 5 heteroatoms. The van der Waals surface area contributed by atoms with E-state index in [1.54, 1.807) is 17.1 Å². The van der Waals surface area contributed by atoms with Gasteiger partial charge in [0.2, 0.25) is 0 Å². The number of alkyl halides is 1. The lowest BCUT2D eigenvalue weighted by molar-refractivity contribution is -0.0657. The first-order chi connectivity index (χ1) is 8.84. The van der Waals surface area contributed by atoms with E-state index in [9.17, 15) is 4.39 Å². The number of rotatable bonds is 2. The lowest BCUT2D eigenvalue weighted by atomic mass is 10.1. The summed E-state index contributed by atoms with van der Waals surface area (Å²) in [5, 5.41) is 4.24. The summed E-state index contributed by atoms with van der Waals surface area (Å²) in [5.41, 5.74) is 1.68. The molecule has 2 unspecified atom stereocenters. The van der Waals surface area contributed by atoms with Crippen LogP contribution in [0, 0.1) is 0 Å². The molecule has 1 fully saturated rings. The molecule has 0 bridgehead atoms. The highest BCUT2D eigenvalue weighted by atomic mass is 19.1. The lowest BCUT2D eigenvalue weighted by Gasteiger charge is -2.26. The Kier molecular flexibility index (Phi) is 3.06. The van der Waals surface area contributed by atoms with E-state index in [1.807, 2.05) is 24.3 Å². The molecule has 2 atom stereocenters. The highest BCUT2D eigenvalue weighted by Crippen LogP contribution is 2.28. The minimum Gasteiger partial charge on any atom is -0.356 e. The summed E-state index contributed by atoms with van der Waals surface area (Å²) in [6, 6.07) is 7.55. The van der Waals surface area contributed by atoms with Crippen LogP contribution in [-0.2, 0) is 4.74 Å². The molecule has 2 aromatic heterocycles. The van der Waals surface area contributed by atoms with Crippen molar-refractivity contribution in [3.05, 3.63) is 36.7 Å². The van der Waals surface area contributed by atoms with E-state index in [0.717, 1.165) is 11.4 Å². The molecule has 3 heterocycles. The molecule has 0 aliphatic carbocycles. The van der Waals surface area contributed by atoms with Crippen molar-refractivity contribution < 1.29 is 9.13 Å². The fraction of sp³-hybridized carbons (Fsp3) is 0.385. The van der Waals surface area contributed by atoms with Crippen LogP contribution in [0.15, 0.2) is 36.7 Å². The smallest absolute Gasteiger partial charge is 0.153 e. The Morgan fingerprint density at radius 1 is 1.28 bits per heavy atom. The van der Waals surface area contributed by atoms with Gasteiger partial charge in [0, 0.05) is 25.2 Å². The van der Waals surface area contributed by atoms with E-state index in [0.29, 0.717) is 19.4 Å². The number of hydrogen-bond acceptors (Lipinski definition) is 3. The zero-order valence-corrected chi connectivity index (χ0v) is 9.87. The first kappa shape index (κ1) is 11.3. The lowest BCUT2D eigenvalue weighted by Crippen LogP contribution is -2.26. The van der Waals surface area contributed by atoms with Crippen LogP contribution in [0.2, 0.25) is 0 Å². The molecule has 1 aliphatic heterocycles. The summed E-state index contributed by atoms with van der Waals surface area (Å²) in [5.74, 6) is 0. The van der Waals surface area contributed by atoms with E-state index in [-0.39, 0.29) is 6.23 Å². The van der Waals surface area contributed by atoms with Gasteiger partial charge in [-0.2, -0.15) is 5.10 Å². The Morgan fingerprint density at radius 2 is 2.22 bits per heavy atom. The van der Waals surface area contributed by atoms with Crippen LogP contribution in [-0.4, -0.2) is 27.5 Å². The van der Waals surface area contributed by atoms with Crippen LogP contribution in [0.1, 0.15) is 19.1 Å². The van der Waals surface area contributed by atoms with E-state index in [1.165, 1.54) is 0 Å². The van der Waals surface area contributed by atoms with Gasteiger partial charge in [-0.3, -0.25) is 4.98 Å². The maximum atomic E-state index is 13.4. The molecule has 0 spiro atoms. The third kappa shape index (κ3) is 2.13. The van der Waals surface area contributed by atoms with Gasteiger partial charge in [-0.1, -0.05) is 6.07 Å². The van der Waals surface area contributed by atoms with Crippen LogP contribution in [0.4, 0.5) is 4.39 Å². The van der Waals surface area contributed by atoms with Crippen LogP contribution in [0.3, 0.4) is 0 Å². The average molecular weight is 247 g/mol. The maximum Gasteiger partial charge on any atom is 0.153 e. The first-order valence-electron chi connectivity index (χ1n) is 6.05. The van der Waals surface area contributed by atoms with Crippen molar-refractivity contribution in [2.24, 2.45) is 0 Å². The van der Waals surface area contributed by atoms with E-state index >= 15 is 0 Å². The molecule has 4 nitrogen and oxygen atoms in total. The normalized spacial score (nSPS) is 24.1. The largest absolute Gasteiger partial charge is 0.356 e. The Morgan fingerprint density at radius 3 is 3.00 bits per heavy atom. The molecule has 0 radical (unpaired) electrons. The number of ether oxygens (including phenoxy) is 1. The van der Waals surface area contributed by atoms with Gasteiger partial charge in [-0.15, -0.1) is 0 Å². The van der Waals surface area contributed by atoms with Gasteiger partial charge < -0.3 is 4.74 Å². The second-order valence-corrected chi connectivity index (χ2v) is 4.32. The summed E-state index contributed by atoms with van der Waals surface area (Å²) in [7, 11) is 0. The summed E-state index contributed by atoms with van der Waals surface area (Å²) < 4.78 is 20.7. The molecule has 18 heavy (non-hydrogen) atoms. The zero-order chi connectivity index (χ0) is 12.4. The van der Waals surface area contributed by atoms with Crippen LogP contribution in [0.25, 0.3) is 11.4 Å². The summed E-state index contributed by atoms with van der Waals surface area (Å²) >= 11 is 0. The molecule has 1 saturated heterocycles. The quantitative estimate of drug-likeness (QED) is 0.819. The monoisotopic (exact) mass is 247 g/mol. The summed E-state index contributed by atoms with van der Waals surface area (Å²) in [4.78, 5) is 4.29. The van der Waals surface area contributed by atoms with Crippen molar-refractivity contribution in [3.63, 3.8) is 0 Å². The second-order valence-electron chi connectivity index (χ2n) is 4.32. The average Bonchev–Trinajstić information content (AvgIpc) is 2.89. The van der Waals surface area contributed by atoms with E-state index in [4.69, 9.17) is 4.74 Å². The van der Waals surface area contributed by atoms with Gasteiger partial charge in [-0.05, 0) is 18.2 Å².